The second-order valence-corrected chi connectivity index (χ2v) is 7.62. The zero-order valence-electron chi connectivity index (χ0n) is 17.8. The van der Waals surface area contributed by atoms with Crippen molar-refractivity contribution in [2.45, 2.75) is 97.4 Å². The zero-order valence-corrected chi connectivity index (χ0v) is 17.8. The van der Waals surface area contributed by atoms with Crippen molar-refractivity contribution in [1.29, 1.82) is 0 Å². The fourth-order valence-corrected chi connectivity index (χ4v) is 2.95. The van der Waals surface area contributed by atoms with Crippen LogP contribution in [0.2, 0.25) is 0 Å². The van der Waals surface area contributed by atoms with Gasteiger partial charge in [0, 0.05) is 6.54 Å². The van der Waals surface area contributed by atoms with Crippen LogP contribution in [-0.4, -0.2) is 37.5 Å². The van der Waals surface area contributed by atoms with Gasteiger partial charge in [0.1, 0.15) is 6.04 Å². The molecule has 0 aliphatic heterocycles. The van der Waals surface area contributed by atoms with Gasteiger partial charge in [0.25, 0.3) is 0 Å². The summed E-state index contributed by atoms with van der Waals surface area (Å²) in [6, 6.07) is -0.787. The number of ether oxygens (including phenoxy) is 1. The minimum absolute atomic E-state index is 0.198. The number of hydrogen-bond acceptors (Lipinski definition) is 4. The molecule has 0 fully saturated rings. The van der Waals surface area contributed by atoms with Crippen LogP contribution >= 0.6 is 0 Å². The van der Waals surface area contributed by atoms with E-state index in [1.807, 2.05) is 13.8 Å². The summed E-state index contributed by atoms with van der Waals surface area (Å²) in [5, 5.41) is 5.08. The Kier molecular flexibility index (Phi) is 15.6. The Labute approximate surface area is 165 Å². The van der Waals surface area contributed by atoms with Gasteiger partial charge < -0.3 is 15.4 Å². The van der Waals surface area contributed by atoms with Crippen LogP contribution in [0.15, 0.2) is 0 Å². The molecule has 0 unspecified atom stereocenters. The first-order valence-corrected chi connectivity index (χ1v) is 10.6. The number of rotatable bonds is 15. The molecular formula is C21H40N2O4. The number of carbonyl (C=O) groups is 3. The maximum atomic E-state index is 11.9. The summed E-state index contributed by atoms with van der Waals surface area (Å²) in [5.41, 5.74) is 0. The average Bonchev–Trinajstić information content (AvgIpc) is 2.64. The Bertz CT molecular complexity index is 424. The van der Waals surface area contributed by atoms with Crippen molar-refractivity contribution in [3.8, 4) is 0 Å². The summed E-state index contributed by atoms with van der Waals surface area (Å²) >= 11 is 0. The maximum absolute atomic E-state index is 11.9. The van der Waals surface area contributed by atoms with E-state index in [2.05, 4.69) is 22.3 Å². The summed E-state index contributed by atoms with van der Waals surface area (Å²) in [6.07, 6.45) is 12.6. The third-order valence-electron chi connectivity index (χ3n) is 4.52. The smallest absolute Gasteiger partial charge is 0.328 e. The van der Waals surface area contributed by atoms with Crippen molar-refractivity contribution in [3.63, 3.8) is 0 Å². The van der Waals surface area contributed by atoms with E-state index in [1.54, 1.807) is 0 Å². The van der Waals surface area contributed by atoms with Crippen LogP contribution in [0, 0.1) is 5.92 Å². The third kappa shape index (κ3) is 14.2. The van der Waals surface area contributed by atoms with Crippen molar-refractivity contribution in [3.05, 3.63) is 0 Å². The van der Waals surface area contributed by atoms with Crippen LogP contribution in [0.1, 0.15) is 91.4 Å². The van der Waals surface area contributed by atoms with Gasteiger partial charge >= 0.3 is 17.8 Å². The number of unbranched alkanes of at least 4 members (excludes halogenated alkanes) is 9. The SMILES string of the molecule is CCCCCCCCCCCCNC(=O)C(=O)N[C@@H](CC(C)C)C(=O)OC. The van der Waals surface area contributed by atoms with Crippen LogP contribution in [0.4, 0.5) is 0 Å². The van der Waals surface area contributed by atoms with Gasteiger partial charge in [0.15, 0.2) is 0 Å². The molecule has 0 aromatic carbocycles. The molecule has 0 radical (unpaired) electrons. The molecule has 0 aliphatic rings. The van der Waals surface area contributed by atoms with E-state index in [0.717, 1.165) is 19.3 Å². The van der Waals surface area contributed by atoms with Crippen LogP contribution in [-0.2, 0) is 19.1 Å². The number of hydrogen-bond donors (Lipinski definition) is 2. The zero-order chi connectivity index (χ0) is 20.5. The molecule has 0 aromatic rings. The van der Waals surface area contributed by atoms with E-state index in [4.69, 9.17) is 0 Å². The standard InChI is InChI=1S/C21H40N2O4/c1-5-6-7-8-9-10-11-12-13-14-15-22-19(24)20(25)23-18(16-17(2)3)21(26)27-4/h17-18H,5-16H2,1-4H3,(H,22,24)(H,23,25)/t18-/m0/s1. The topological polar surface area (TPSA) is 84.5 Å². The lowest BCUT2D eigenvalue weighted by Crippen LogP contribution is -2.48. The Balaban J connectivity index is 3.81. The largest absolute Gasteiger partial charge is 0.467 e. The van der Waals surface area contributed by atoms with Gasteiger partial charge in [0.2, 0.25) is 0 Å². The summed E-state index contributed by atoms with van der Waals surface area (Å²) < 4.78 is 4.68. The molecular weight excluding hydrogens is 344 g/mol. The second kappa shape index (κ2) is 16.6. The quantitative estimate of drug-likeness (QED) is 0.256. The molecule has 0 heterocycles. The molecule has 27 heavy (non-hydrogen) atoms. The number of methoxy groups -OCH3 is 1. The first kappa shape index (κ1) is 25.4. The van der Waals surface area contributed by atoms with Crippen LogP contribution in [0.25, 0.3) is 0 Å². The van der Waals surface area contributed by atoms with Crippen molar-refractivity contribution >= 4 is 17.8 Å². The Morgan fingerprint density at radius 2 is 1.33 bits per heavy atom. The Morgan fingerprint density at radius 3 is 1.81 bits per heavy atom. The van der Waals surface area contributed by atoms with Gasteiger partial charge in [-0.05, 0) is 18.8 Å². The van der Waals surface area contributed by atoms with Crippen molar-refractivity contribution in [2.24, 2.45) is 5.92 Å². The molecule has 0 aromatic heterocycles. The average molecular weight is 385 g/mol. The van der Waals surface area contributed by atoms with E-state index in [0.29, 0.717) is 13.0 Å². The molecule has 0 spiro atoms. The summed E-state index contributed by atoms with van der Waals surface area (Å²) in [7, 11) is 1.27. The lowest BCUT2D eigenvalue weighted by molar-refractivity contribution is -0.147. The van der Waals surface area contributed by atoms with Crippen LogP contribution in [0.3, 0.4) is 0 Å². The van der Waals surface area contributed by atoms with E-state index < -0.39 is 23.8 Å². The summed E-state index contributed by atoms with van der Waals surface area (Å²) in [4.78, 5) is 35.5. The highest BCUT2D eigenvalue weighted by Gasteiger charge is 2.25. The lowest BCUT2D eigenvalue weighted by Gasteiger charge is -2.17. The van der Waals surface area contributed by atoms with Gasteiger partial charge in [0.05, 0.1) is 7.11 Å². The molecule has 0 rings (SSSR count). The molecule has 0 saturated carbocycles. The minimum Gasteiger partial charge on any atom is -0.467 e. The van der Waals surface area contributed by atoms with Crippen LogP contribution in [0.5, 0.6) is 0 Å². The van der Waals surface area contributed by atoms with Crippen LogP contribution < -0.4 is 10.6 Å². The second-order valence-electron chi connectivity index (χ2n) is 7.62. The third-order valence-corrected chi connectivity index (χ3v) is 4.52. The first-order chi connectivity index (χ1) is 12.9. The van der Waals surface area contributed by atoms with Gasteiger partial charge in [-0.25, -0.2) is 4.79 Å². The van der Waals surface area contributed by atoms with Gasteiger partial charge in [-0.15, -0.1) is 0 Å². The fraction of sp³-hybridized carbons (Fsp3) is 0.857. The van der Waals surface area contributed by atoms with Crippen molar-refractivity contribution in [2.75, 3.05) is 13.7 Å². The predicted molar refractivity (Wildman–Crippen MR) is 108 cm³/mol. The molecule has 2 N–H and O–H groups in total. The molecule has 0 aliphatic carbocycles. The fourth-order valence-electron chi connectivity index (χ4n) is 2.95. The number of nitrogens with one attached hydrogen (secondary N) is 2. The minimum atomic E-state index is -0.787. The molecule has 1 atom stereocenters. The molecule has 0 saturated heterocycles. The number of esters is 1. The highest BCUT2D eigenvalue weighted by atomic mass is 16.5. The number of carbonyl (C=O) groups excluding carboxylic acids is 3. The highest BCUT2D eigenvalue weighted by Crippen LogP contribution is 2.10. The predicted octanol–water partition coefficient (Wildman–Crippen LogP) is 3.73. The molecule has 0 bridgehead atoms. The molecule has 158 valence electrons. The summed E-state index contributed by atoms with van der Waals surface area (Å²) in [5.74, 6) is -1.80. The van der Waals surface area contributed by atoms with Gasteiger partial charge in [-0.2, -0.15) is 0 Å². The maximum Gasteiger partial charge on any atom is 0.328 e. The Morgan fingerprint density at radius 1 is 0.815 bits per heavy atom. The van der Waals surface area contributed by atoms with Gasteiger partial charge in [-0.1, -0.05) is 78.6 Å². The molecule has 6 heteroatoms. The lowest BCUT2D eigenvalue weighted by atomic mass is 10.0. The number of amides is 2. The van der Waals surface area contributed by atoms with E-state index >= 15 is 0 Å². The van der Waals surface area contributed by atoms with Crippen molar-refractivity contribution in [1.82, 2.24) is 10.6 Å². The Hall–Kier alpha value is -1.59. The van der Waals surface area contributed by atoms with Crippen molar-refractivity contribution < 1.29 is 19.1 Å². The van der Waals surface area contributed by atoms with E-state index in [-0.39, 0.29) is 5.92 Å². The van der Waals surface area contributed by atoms with Gasteiger partial charge in [-0.3, -0.25) is 9.59 Å². The highest BCUT2D eigenvalue weighted by molar-refractivity contribution is 6.35. The monoisotopic (exact) mass is 384 g/mol. The van der Waals surface area contributed by atoms with E-state index in [9.17, 15) is 14.4 Å². The summed E-state index contributed by atoms with van der Waals surface area (Å²) in [6.45, 7) is 6.59. The molecule has 6 nitrogen and oxygen atoms in total. The van der Waals surface area contributed by atoms with E-state index in [1.165, 1.54) is 52.1 Å². The normalized spacial score (nSPS) is 11.9. The first-order valence-electron chi connectivity index (χ1n) is 10.6. The molecule has 2 amide bonds.